The third kappa shape index (κ3) is 6.44. The van der Waals surface area contributed by atoms with Gasteiger partial charge in [-0.15, -0.1) is 0 Å². The van der Waals surface area contributed by atoms with Crippen molar-refractivity contribution in [3.63, 3.8) is 0 Å². The van der Waals surface area contributed by atoms with Crippen LogP contribution in [-0.4, -0.2) is 25.0 Å². The Kier molecular flexibility index (Phi) is 7.86. The maximum Gasteiger partial charge on any atom is 0.251 e. The fourth-order valence-corrected chi connectivity index (χ4v) is 2.76. The van der Waals surface area contributed by atoms with E-state index in [-0.39, 0.29) is 5.91 Å². The zero-order valence-corrected chi connectivity index (χ0v) is 16.7. The Bertz CT molecular complexity index is 781. The highest BCUT2D eigenvalue weighted by molar-refractivity contribution is 5.94. The highest BCUT2D eigenvalue weighted by atomic mass is 16.1. The molecular formula is C22H30N4O. The Morgan fingerprint density at radius 3 is 2.26 bits per heavy atom. The lowest BCUT2D eigenvalue weighted by Crippen LogP contribution is -2.36. The molecule has 3 N–H and O–H groups in total. The van der Waals surface area contributed by atoms with E-state index in [0.29, 0.717) is 18.7 Å². The summed E-state index contributed by atoms with van der Waals surface area (Å²) in [6, 6.07) is 14.0. The number of benzene rings is 2. The van der Waals surface area contributed by atoms with Gasteiger partial charge >= 0.3 is 0 Å². The monoisotopic (exact) mass is 366 g/mol. The van der Waals surface area contributed by atoms with Crippen molar-refractivity contribution in [3.8, 4) is 0 Å². The molecule has 1 amide bonds. The molecule has 0 aromatic heterocycles. The number of rotatable bonds is 7. The molecule has 0 heterocycles. The highest BCUT2D eigenvalue weighted by Crippen LogP contribution is 2.10. The third-order valence-electron chi connectivity index (χ3n) is 4.26. The van der Waals surface area contributed by atoms with Crippen LogP contribution in [0.2, 0.25) is 0 Å². The van der Waals surface area contributed by atoms with Crippen LogP contribution < -0.4 is 16.0 Å². The Balaban J connectivity index is 1.99. The van der Waals surface area contributed by atoms with Crippen molar-refractivity contribution in [2.75, 3.05) is 13.1 Å². The molecule has 0 aliphatic heterocycles. The molecule has 0 aliphatic carbocycles. The molecule has 5 heteroatoms. The Labute approximate surface area is 162 Å². The minimum atomic E-state index is -0.0453. The van der Waals surface area contributed by atoms with Crippen molar-refractivity contribution >= 4 is 11.9 Å². The first kappa shape index (κ1) is 20.5. The minimum absolute atomic E-state index is 0.0453. The van der Waals surface area contributed by atoms with Crippen LogP contribution in [0, 0.1) is 13.8 Å². The lowest BCUT2D eigenvalue weighted by molar-refractivity contribution is 0.0956. The van der Waals surface area contributed by atoms with Gasteiger partial charge in [-0.3, -0.25) is 4.79 Å². The summed E-state index contributed by atoms with van der Waals surface area (Å²) in [6.07, 6.45) is 0. The largest absolute Gasteiger partial charge is 0.357 e. The molecule has 0 fully saturated rings. The molecule has 27 heavy (non-hydrogen) atoms. The molecule has 5 nitrogen and oxygen atoms in total. The summed E-state index contributed by atoms with van der Waals surface area (Å²) in [7, 11) is 0. The number of hydrogen-bond donors (Lipinski definition) is 3. The number of nitrogens with zero attached hydrogens (tertiary/aromatic N) is 1. The number of guanidine groups is 1. The number of nitrogens with one attached hydrogen (secondary N) is 3. The normalized spacial score (nSPS) is 11.2. The van der Waals surface area contributed by atoms with E-state index in [1.54, 1.807) is 0 Å². The van der Waals surface area contributed by atoms with Crippen LogP contribution in [0.5, 0.6) is 0 Å². The second-order valence-electron chi connectivity index (χ2n) is 6.54. The minimum Gasteiger partial charge on any atom is -0.357 e. The van der Waals surface area contributed by atoms with E-state index in [9.17, 15) is 4.79 Å². The number of aliphatic imine (C=N–C) groups is 1. The van der Waals surface area contributed by atoms with E-state index in [1.807, 2.05) is 31.2 Å². The van der Waals surface area contributed by atoms with Crippen molar-refractivity contribution in [1.29, 1.82) is 0 Å². The fraction of sp³-hybridized carbons (Fsp3) is 0.364. The van der Waals surface area contributed by atoms with Gasteiger partial charge in [0.15, 0.2) is 5.96 Å². The Morgan fingerprint density at radius 1 is 0.926 bits per heavy atom. The van der Waals surface area contributed by atoms with Crippen LogP contribution in [0.15, 0.2) is 47.5 Å². The van der Waals surface area contributed by atoms with E-state index in [1.165, 1.54) is 16.7 Å². The predicted molar refractivity (Wildman–Crippen MR) is 112 cm³/mol. The van der Waals surface area contributed by atoms with Gasteiger partial charge in [0.25, 0.3) is 5.91 Å². The van der Waals surface area contributed by atoms with E-state index >= 15 is 0 Å². The smallest absolute Gasteiger partial charge is 0.251 e. The summed E-state index contributed by atoms with van der Waals surface area (Å²) >= 11 is 0. The van der Waals surface area contributed by atoms with Crippen LogP contribution in [-0.2, 0) is 13.1 Å². The molecule has 2 rings (SSSR count). The fourth-order valence-electron chi connectivity index (χ4n) is 2.76. The number of carbonyl (C=O) groups excluding carboxylic acids is 1. The zero-order chi connectivity index (χ0) is 19.6. The quantitative estimate of drug-likeness (QED) is 0.520. The summed E-state index contributed by atoms with van der Waals surface area (Å²) in [4.78, 5) is 16.5. The van der Waals surface area contributed by atoms with Gasteiger partial charge in [0.05, 0.1) is 6.54 Å². The second kappa shape index (κ2) is 10.4. The number of hydrogen-bond acceptors (Lipinski definition) is 2. The van der Waals surface area contributed by atoms with Crippen molar-refractivity contribution in [3.05, 3.63) is 70.3 Å². The van der Waals surface area contributed by atoms with E-state index in [0.717, 1.165) is 24.6 Å². The number of aryl methyl sites for hydroxylation is 2. The van der Waals surface area contributed by atoms with Gasteiger partial charge in [-0.25, -0.2) is 4.99 Å². The first-order chi connectivity index (χ1) is 13.0. The molecule has 2 aromatic rings. The summed E-state index contributed by atoms with van der Waals surface area (Å²) in [5, 5.41) is 9.47. The average Bonchev–Trinajstić information content (AvgIpc) is 2.66. The summed E-state index contributed by atoms with van der Waals surface area (Å²) < 4.78 is 0. The van der Waals surface area contributed by atoms with Crippen LogP contribution in [0.4, 0.5) is 0 Å². The van der Waals surface area contributed by atoms with Gasteiger partial charge in [0.1, 0.15) is 0 Å². The van der Waals surface area contributed by atoms with E-state index in [2.05, 4.69) is 59.9 Å². The molecule has 0 bridgehead atoms. The Morgan fingerprint density at radius 2 is 1.63 bits per heavy atom. The first-order valence-corrected chi connectivity index (χ1v) is 9.49. The van der Waals surface area contributed by atoms with Crippen molar-refractivity contribution in [1.82, 2.24) is 16.0 Å². The van der Waals surface area contributed by atoms with Crippen LogP contribution in [0.25, 0.3) is 0 Å². The molecule has 0 atom stereocenters. The molecule has 0 unspecified atom stereocenters. The van der Waals surface area contributed by atoms with Gasteiger partial charge in [-0.2, -0.15) is 0 Å². The maximum absolute atomic E-state index is 11.8. The van der Waals surface area contributed by atoms with Gasteiger partial charge in [0.2, 0.25) is 0 Å². The molecule has 0 radical (unpaired) electrons. The number of amides is 1. The standard InChI is InChI=1S/C22H30N4O/c1-5-23-21(27)19-11-8-18(9-12-19)14-25-22(24-6-2)26-15-20-10-7-16(3)13-17(20)4/h7-13H,5-6,14-15H2,1-4H3,(H,23,27)(H2,24,25,26). The lowest BCUT2D eigenvalue weighted by atomic mass is 10.1. The Hall–Kier alpha value is -2.82. The highest BCUT2D eigenvalue weighted by Gasteiger charge is 2.04. The maximum atomic E-state index is 11.8. The van der Waals surface area contributed by atoms with Crippen LogP contribution >= 0.6 is 0 Å². The lowest BCUT2D eigenvalue weighted by Gasteiger charge is -2.13. The van der Waals surface area contributed by atoms with Crippen molar-refractivity contribution in [2.24, 2.45) is 4.99 Å². The molecule has 144 valence electrons. The summed E-state index contributed by atoms with van der Waals surface area (Å²) in [5.74, 6) is 0.737. The molecule has 2 aromatic carbocycles. The van der Waals surface area contributed by atoms with Crippen LogP contribution in [0.3, 0.4) is 0 Å². The SMILES string of the molecule is CCNC(=O)c1ccc(CN=C(NCC)NCc2ccc(C)cc2C)cc1. The molecule has 0 aliphatic rings. The first-order valence-electron chi connectivity index (χ1n) is 9.49. The molecular weight excluding hydrogens is 336 g/mol. The van der Waals surface area contributed by atoms with Gasteiger partial charge in [0, 0.05) is 25.2 Å². The topological polar surface area (TPSA) is 65.5 Å². The molecule has 0 saturated heterocycles. The predicted octanol–water partition coefficient (Wildman–Crippen LogP) is 3.31. The average molecular weight is 367 g/mol. The van der Waals surface area contributed by atoms with Crippen molar-refractivity contribution < 1.29 is 4.79 Å². The summed E-state index contributed by atoms with van der Waals surface area (Å²) in [6.45, 7) is 10.9. The van der Waals surface area contributed by atoms with Crippen molar-refractivity contribution in [2.45, 2.75) is 40.8 Å². The molecule has 0 spiro atoms. The van der Waals surface area contributed by atoms with E-state index < -0.39 is 0 Å². The summed E-state index contributed by atoms with van der Waals surface area (Å²) in [5.41, 5.74) is 5.54. The zero-order valence-electron chi connectivity index (χ0n) is 16.7. The van der Waals surface area contributed by atoms with Gasteiger partial charge in [-0.1, -0.05) is 35.9 Å². The second-order valence-corrected chi connectivity index (χ2v) is 6.54. The van der Waals surface area contributed by atoms with Gasteiger partial charge < -0.3 is 16.0 Å². The van der Waals surface area contributed by atoms with Gasteiger partial charge in [-0.05, 0) is 56.5 Å². The third-order valence-corrected chi connectivity index (χ3v) is 4.26. The molecule has 0 saturated carbocycles. The van der Waals surface area contributed by atoms with E-state index in [4.69, 9.17) is 0 Å². The number of carbonyl (C=O) groups is 1. The van der Waals surface area contributed by atoms with Crippen LogP contribution in [0.1, 0.15) is 46.5 Å².